The molecule has 4 aromatic rings. The van der Waals surface area contributed by atoms with Gasteiger partial charge in [-0.25, -0.2) is 0 Å². The van der Waals surface area contributed by atoms with E-state index in [-0.39, 0.29) is 0 Å². The molecule has 0 saturated heterocycles. The lowest BCUT2D eigenvalue weighted by Gasteiger charge is -2.14. The summed E-state index contributed by atoms with van der Waals surface area (Å²) in [5.74, 6) is 0.776. The monoisotopic (exact) mass is 432 g/mol. The van der Waals surface area contributed by atoms with E-state index in [0.717, 1.165) is 33.8 Å². The lowest BCUT2D eigenvalue weighted by molar-refractivity contribution is -0.133. The number of H-pyrrole nitrogens is 1. The Morgan fingerprint density at radius 3 is 2.61 bits per heavy atom. The summed E-state index contributed by atoms with van der Waals surface area (Å²) in [7, 11) is 0. The number of nitrogens with zero attached hydrogens (tertiary/aromatic N) is 1. The van der Waals surface area contributed by atoms with E-state index < -0.39 is 6.10 Å². The fourth-order valence-corrected chi connectivity index (χ4v) is 3.52. The Hall–Kier alpha value is -3.57. The summed E-state index contributed by atoms with van der Waals surface area (Å²) in [4.78, 5) is 11.0. The maximum absolute atomic E-state index is 11.0. The molecule has 0 saturated carbocycles. The molecule has 4 rings (SSSR count). The summed E-state index contributed by atoms with van der Waals surface area (Å²) in [6, 6.07) is 27.1. The van der Waals surface area contributed by atoms with Crippen LogP contribution in [0.1, 0.15) is 22.9 Å². The molecule has 1 aromatic heterocycles. The number of carbonyl (C=O) groups is 1. The molecule has 0 aliphatic carbocycles. The van der Waals surface area contributed by atoms with E-state index in [4.69, 9.17) is 21.1 Å². The third kappa shape index (κ3) is 5.53. The summed E-state index contributed by atoms with van der Waals surface area (Å²) >= 11 is 6.08. The SMILES string of the molecule is O=COC(Cc1cc(-c2cccc(OCc3ccccc3)c2)[nH]n1)c1cccc(Cl)c1. The predicted octanol–water partition coefficient (Wildman–Crippen LogP) is 5.77. The summed E-state index contributed by atoms with van der Waals surface area (Å²) < 4.78 is 11.2. The Balaban J connectivity index is 1.47. The molecule has 1 atom stereocenters. The van der Waals surface area contributed by atoms with Crippen LogP contribution in [0.2, 0.25) is 5.02 Å². The number of aromatic nitrogens is 2. The summed E-state index contributed by atoms with van der Waals surface area (Å²) in [5.41, 5.74) is 4.52. The van der Waals surface area contributed by atoms with Crippen LogP contribution in [-0.4, -0.2) is 16.7 Å². The van der Waals surface area contributed by atoms with Crippen LogP contribution in [0.3, 0.4) is 0 Å². The molecule has 3 aromatic carbocycles. The third-order valence-electron chi connectivity index (χ3n) is 4.86. The van der Waals surface area contributed by atoms with Gasteiger partial charge in [0.15, 0.2) is 0 Å². The Labute approximate surface area is 185 Å². The van der Waals surface area contributed by atoms with Crippen LogP contribution < -0.4 is 4.74 Å². The molecule has 5 nitrogen and oxygen atoms in total. The lowest BCUT2D eigenvalue weighted by atomic mass is 10.0. The van der Waals surface area contributed by atoms with Gasteiger partial charge in [-0.3, -0.25) is 9.89 Å². The van der Waals surface area contributed by atoms with Gasteiger partial charge in [-0.15, -0.1) is 0 Å². The molecule has 6 heteroatoms. The molecule has 1 heterocycles. The van der Waals surface area contributed by atoms with Crippen LogP contribution in [0.4, 0.5) is 0 Å². The van der Waals surface area contributed by atoms with Crippen LogP contribution in [0, 0.1) is 0 Å². The minimum atomic E-state index is -0.465. The van der Waals surface area contributed by atoms with Crippen molar-refractivity contribution in [2.24, 2.45) is 0 Å². The molecule has 1 N–H and O–H groups in total. The van der Waals surface area contributed by atoms with Crippen molar-refractivity contribution in [3.05, 3.63) is 107 Å². The smallest absolute Gasteiger partial charge is 0.293 e. The molecule has 0 aliphatic heterocycles. The van der Waals surface area contributed by atoms with Gasteiger partial charge >= 0.3 is 0 Å². The van der Waals surface area contributed by atoms with Crippen molar-refractivity contribution in [1.82, 2.24) is 10.2 Å². The molecule has 0 aliphatic rings. The molecule has 0 radical (unpaired) electrons. The Morgan fingerprint density at radius 1 is 0.968 bits per heavy atom. The first-order valence-corrected chi connectivity index (χ1v) is 10.2. The number of halogens is 1. The number of hydrogen-bond acceptors (Lipinski definition) is 4. The van der Waals surface area contributed by atoms with Crippen LogP contribution >= 0.6 is 11.6 Å². The second-order valence-corrected chi connectivity index (χ2v) is 7.49. The van der Waals surface area contributed by atoms with Gasteiger partial charge in [0.05, 0.1) is 11.4 Å². The highest BCUT2D eigenvalue weighted by molar-refractivity contribution is 6.30. The maximum Gasteiger partial charge on any atom is 0.293 e. The predicted molar refractivity (Wildman–Crippen MR) is 120 cm³/mol. The number of aromatic amines is 1. The van der Waals surface area contributed by atoms with Crippen LogP contribution in [0.15, 0.2) is 84.9 Å². The van der Waals surface area contributed by atoms with Crippen molar-refractivity contribution < 1.29 is 14.3 Å². The largest absolute Gasteiger partial charge is 0.489 e. The fourth-order valence-electron chi connectivity index (χ4n) is 3.32. The van der Waals surface area contributed by atoms with Crippen molar-refractivity contribution in [2.75, 3.05) is 0 Å². The molecule has 0 bridgehead atoms. The van der Waals surface area contributed by atoms with Crippen LogP contribution in [0.25, 0.3) is 11.3 Å². The van der Waals surface area contributed by atoms with E-state index >= 15 is 0 Å². The van der Waals surface area contributed by atoms with Crippen LogP contribution in [-0.2, 0) is 22.6 Å². The molecule has 0 fully saturated rings. The van der Waals surface area contributed by atoms with E-state index in [2.05, 4.69) is 10.2 Å². The summed E-state index contributed by atoms with van der Waals surface area (Å²) in [5, 5.41) is 8.04. The van der Waals surface area contributed by atoms with Gasteiger partial charge in [0.2, 0.25) is 0 Å². The molecule has 156 valence electrons. The Kier molecular flexibility index (Phi) is 6.65. The van der Waals surface area contributed by atoms with E-state index in [1.54, 1.807) is 12.1 Å². The van der Waals surface area contributed by atoms with Gasteiger partial charge < -0.3 is 9.47 Å². The molecule has 0 spiro atoms. The third-order valence-corrected chi connectivity index (χ3v) is 5.09. The standard InChI is InChI=1S/C25H21ClN2O3/c26-21-10-4-9-20(12-21)25(31-17-29)15-22-14-24(28-27-22)19-8-5-11-23(13-19)30-16-18-6-2-1-3-7-18/h1-14,17,25H,15-16H2,(H,27,28). The first-order valence-electron chi connectivity index (χ1n) is 9.87. The maximum atomic E-state index is 11.0. The molecular weight excluding hydrogens is 412 g/mol. The highest BCUT2D eigenvalue weighted by Crippen LogP contribution is 2.27. The van der Waals surface area contributed by atoms with Gasteiger partial charge in [-0.2, -0.15) is 5.10 Å². The number of benzene rings is 3. The number of ether oxygens (including phenoxy) is 2. The van der Waals surface area contributed by atoms with Crippen molar-refractivity contribution in [1.29, 1.82) is 0 Å². The van der Waals surface area contributed by atoms with Crippen molar-refractivity contribution in [3.63, 3.8) is 0 Å². The van der Waals surface area contributed by atoms with E-state index in [9.17, 15) is 4.79 Å². The minimum Gasteiger partial charge on any atom is -0.489 e. The first kappa shape index (κ1) is 20.7. The second kappa shape index (κ2) is 9.96. The number of rotatable bonds is 9. The minimum absolute atomic E-state index is 0.430. The Bertz CT molecular complexity index is 1140. The molecule has 1 unspecified atom stereocenters. The van der Waals surface area contributed by atoms with Crippen molar-refractivity contribution in [2.45, 2.75) is 19.1 Å². The topological polar surface area (TPSA) is 64.2 Å². The highest BCUT2D eigenvalue weighted by atomic mass is 35.5. The van der Waals surface area contributed by atoms with Gasteiger partial charge in [-0.05, 0) is 41.5 Å². The lowest BCUT2D eigenvalue weighted by Crippen LogP contribution is -2.07. The average Bonchev–Trinajstić information content (AvgIpc) is 3.27. The molecule has 31 heavy (non-hydrogen) atoms. The van der Waals surface area contributed by atoms with Crippen molar-refractivity contribution >= 4 is 18.1 Å². The average molecular weight is 433 g/mol. The fraction of sp³-hybridized carbons (Fsp3) is 0.120. The quantitative estimate of drug-likeness (QED) is 0.341. The highest BCUT2D eigenvalue weighted by Gasteiger charge is 2.16. The number of hydrogen-bond donors (Lipinski definition) is 1. The zero-order valence-electron chi connectivity index (χ0n) is 16.7. The summed E-state index contributed by atoms with van der Waals surface area (Å²) in [6.07, 6.45) is -0.0346. The van der Waals surface area contributed by atoms with Gasteiger partial charge in [0.1, 0.15) is 18.5 Å². The first-order chi connectivity index (χ1) is 15.2. The van der Waals surface area contributed by atoms with E-state index in [1.165, 1.54) is 0 Å². The van der Waals surface area contributed by atoms with E-state index in [0.29, 0.717) is 24.5 Å². The number of nitrogens with one attached hydrogen (secondary N) is 1. The second-order valence-electron chi connectivity index (χ2n) is 7.06. The number of carbonyl (C=O) groups excluding carboxylic acids is 1. The zero-order valence-corrected chi connectivity index (χ0v) is 17.5. The van der Waals surface area contributed by atoms with E-state index in [1.807, 2.05) is 72.8 Å². The van der Waals surface area contributed by atoms with Gasteiger partial charge in [0, 0.05) is 17.0 Å². The van der Waals surface area contributed by atoms with Gasteiger partial charge in [-0.1, -0.05) is 66.2 Å². The zero-order chi connectivity index (χ0) is 21.5. The normalized spacial score (nSPS) is 11.6. The Morgan fingerprint density at radius 2 is 1.81 bits per heavy atom. The van der Waals surface area contributed by atoms with Crippen molar-refractivity contribution in [3.8, 4) is 17.0 Å². The van der Waals surface area contributed by atoms with Gasteiger partial charge in [0.25, 0.3) is 6.47 Å². The summed E-state index contributed by atoms with van der Waals surface area (Å²) in [6.45, 7) is 0.954. The molecular formula is C25H21ClN2O3. The van der Waals surface area contributed by atoms with Crippen LogP contribution in [0.5, 0.6) is 5.75 Å². The molecule has 0 amide bonds.